The van der Waals surface area contributed by atoms with Crippen LogP contribution in [0.3, 0.4) is 0 Å². The molecule has 1 heterocycles. The molecule has 0 saturated carbocycles. The smallest absolute Gasteiger partial charge is 0.404 e. The predicted molar refractivity (Wildman–Crippen MR) is 65.4 cm³/mol. The maximum atomic E-state index is 11.7. The lowest BCUT2D eigenvalue weighted by Crippen LogP contribution is -2.51. The first kappa shape index (κ1) is 15.2. The van der Waals surface area contributed by atoms with Crippen LogP contribution in [0, 0.1) is 5.92 Å². The van der Waals surface area contributed by atoms with Crippen LogP contribution in [-0.4, -0.2) is 65.8 Å². The largest absolute Gasteiger partial charge is 0.465 e. The number of aliphatic hydroxyl groups excluding tert-OH is 1. The second-order valence-corrected chi connectivity index (χ2v) is 4.75. The minimum absolute atomic E-state index is 0.0961. The molecule has 0 radical (unpaired) electrons. The molecule has 0 bridgehead atoms. The number of nitrogens with zero attached hydrogens (tertiary/aromatic N) is 1. The van der Waals surface area contributed by atoms with E-state index in [-0.39, 0.29) is 18.2 Å². The Morgan fingerprint density at radius 2 is 2.16 bits per heavy atom. The van der Waals surface area contributed by atoms with Crippen molar-refractivity contribution in [2.45, 2.75) is 25.0 Å². The zero-order valence-electron chi connectivity index (χ0n) is 10.9. The van der Waals surface area contributed by atoms with Gasteiger partial charge in [-0.05, 0) is 12.8 Å². The van der Waals surface area contributed by atoms with Crippen molar-refractivity contribution in [3.63, 3.8) is 0 Å². The van der Waals surface area contributed by atoms with Crippen molar-refractivity contribution < 1.29 is 24.6 Å². The Kier molecular flexibility index (Phi) is 5.11. The number of hydrogen-bond donors (Lipinski definition) is 4. The molecule has 1 aliphatic heterocycles. The summed E-state index contributed by atoms with van der Waals surface area (Å²) in [6.45, 7) is 0.529. The minimum atomic E-state index is -1.50. The Bertz CT molecular complexity index is 371. The average Bonchev–Trinajstić information content (AvgIpc) is 2.71. The second kappa shape index (κ2) is 6.37. The summed E-state index contributed by atoms with van der Waals surface area (Å²) in [5.41, 5.74) is 0. The summed E-state index contributed by atoms with van der Waals surface area (Å²) in [6, 6.07) is -0.999. The Balaban J connectivity index is 2.73. The van der Waals surface area contributed by atoms with E-state index >= 15 is 0 Å². The Morgan fingerprint density at radius 1 is 1.53 bits per heavy atom. The Hall–Kier alpha value is -1.83. The number of hydrogen-bond acceptors (Lipinski definition) is 4. The van der Waals surface area contributed by atoms with Crippen molar-refractivity contribution in [2.75, 3.05) is 20.6 Å². The van der Waals surface area contributed by atoms with Crippen molar-refractivity contribution >= 4 is 17.9 Å². The van der Waals surface area contributed by atoms with Gasteiger partial charge in [-0.15, -0.1) is 0 Å². The molecule has 0 aliphatic carbocycles. The molecule has 3 atom stereocenters. The molecule has 1 fully saturated rings. The van der Waals surface area contributed by atoms with Crippen LogP contribution in [0.15, 0.2) is 0 Å². The highest BCUT2D eigenvalue weighted by Gasteiger charge is 2.34. The maximum Gasteiger partial charge on any atom is 0.404 e. The van der Waals surface area contributed by atoms with Gasteiger partial charge in [-0.25, -0.2) is 4.79 Å². The molecule has 4 N–H and O–H groups in total. The number of rotatable bonds is 5. The van der Waals surface area contributed by atoms with Gasteiger partial charge >= 0.3 is 6.09 Å². The topological polar surface area (TPSA) is 119 Å². The normalized spacial score (nSPS) is 21.4. The summed E-state index contributed by atoms with van der Waals surface area (Å²) in [7, 11) is 2.93. The third-order valence-electron chi connectivity index (χ3n) is 3.09. The molecule has 1 saturated heterocycles. The highest BCUT2D eigenvalue weighted by Crippen LogP contribution is 2.18. The fraction of sp³-hybridized carbons (Fsp3) is 0.727. The maximum absolute atomic E-state index is 11.7. The van der Waals surface area contributed by atoms with Crippen molar-refractivity contribution in [3.8, 4) is 0 Å². The van der Waals surface area contributed by atoms with E-state index in [1.165, 1.54) is 19.0 Å². The predicted octanol–water partition coefficient (Wildman–Crippen LogP) is -1.40. The van der Waals surface area contributed by atoms with Gasteiger partial charge in [-0.3, -0.25) is 9.59 Å². The number of aliphatic hydroxyl groups is 1. The Labute approximate surface area is 110 Å². The SMILES string of the molecule is CN(C)C(=O)C(O)C(C[C@@H]1CCNC1=O)NC(=O)O. The van der Waals surface area contributed by atoms with Crippen LogP contribution in [0.1, 0.15) is 12.8 Å². The van der Waals surface area contributed by atoms with Gasteiger partial charge in [-0.2, -0.15) is 0 Å². The molecule has 19 heavy (non-hydrogen) atoms. The molecule has 0 spiro atoms. The number of carbonyl (C=O) groups is 3. The summed E-state index contributed by atoms with van der Waals surface area (Å²) >= 11 is 0. The van der Waals surface area contributed by atoms with Gasteiger partial charge in [0.1, 0.15) is 0 Å². The van der Waals surface area contributed by atoms with E-state index in [0.717, 1.165) is 0 Å². The van der Waals surface area contributed by atoms with Crippen molar-refractivity contribution in [3.05, 3.63) is 0 Å². The van der Waals surface area contributed by atoms with Gasteiger partial charge in [0.05, 0.1) is 6.04 Å². The van der Waals surface area contributed by atoms with Gasteiger partial charge in [0.15, 0.2) is 6.10 Å². The van der Waals surface area contributed by atoms with Crippen LogP contribution in [0.5, 0.6) is 0 Å². The molecule has 1 aliphatic rings. The van der Waals surface area contributed by atoms with E-state index < -0.39 is 24.1 Å². The van der Waals surface area contributed by atoms with Crippen LogP contribution in [0.25, 0.3) is 0 Å². The number of carboxylic acid groups (broad SMARTS) is 1. The molecular formula is C11H19N3O5. The number of carbonyl (C=O) groups excluding carboxylic acids is 2. The molecule has 108 valence electrons. The Morgan fingerprint density at radius 3 is 2.58 bits per heavy atom. The number of nitrogens with one attached hydrogen (secondary N) is 2. The monoisotopic (exact) mass is 273 g/mol. The first-order valence-corrected chi connectivity index (χ1v) is 5.99. The standard InChI is InChI=1S/C11H19N3O5/c1-14(2)10(17)8(15)7(13-11(18)19)5-6-3-4-12-9(6)16/h6-8,13,15H,3-5H2,1-2H3,(H,12,16)(H,18,19)/t6-,7?,8?/m0/s1. The van der Waals surface area contributed by atoms with E-state index in [0.29, 0.717) is 13.0 Å². The lowest BCUT2D eigenvalue weighted by molar-refractivity contribution is -0.139. The van der Waals surface area contributed by atoms with Gasteiger partial charge in [0.2, 0.25) is 5.91 Å². The molecule has 3 amide bonds. The van der Waals surface area contributed by atoms with Crippen LogP contribution in [-0.2, 0) is 9.59 Å². The molecule has 0 aromatic heterocycles. The van der Waals surface area contributed by atoms with Crippen molar-refractivity contribution in [2.24, 2.45) is 5.92 Å². The first-order chi connectivity index (χ1) is 8.82. The van der Waals surface area contributed by atoms with Gasteiger partial charge in [-0.1, -0.05) is 0 Å². The summed E-state index contributed by atoms with van der Waals surface area (Å²) in [5, 5.41) is 23.4. The quantitative estimate of drug-likeness (QED) is 0.491. The summed E-state index contributed by atoms with van der Waals surface area (Å²) < 4.78 is 0. The fourth-order valence-electron chi connectivity index (χ4n) is 2.04. The van der Waals surface area contributed by atoms with Crippen LogP contribution in [0.4, 0.5) is 4.79 Å². The molecule has 0 aromatic carbocycles. The average molecular weight is 273 g/mol. The summed E-state index contributed by atoms with van der Waals surface area (Å²) in [6.07, 6.45) is -2.17. The van der Waals surface area contributed by atoms with E-state index in [1.54, 1.807) is 0 Å². The van der Waals surface area contributed by atoms with E-state index in [4.69, 9.17) is 5.11 Å². The van der Waals surface area contributed by atoms with Crippen LogP contribution in [0.2, 0.25) is 0 Å². The van der Waals surface area contributed by atoms with E-state index in [1.807, 2.05) is 0 Å². The highest BCUT2D eigenvalue weighted by atomic mass is 16.4. The number of amides is 3. The van der Waals surface area contributed by atoms with Crippen molar-refractivity contribution in [1.29, 1.82) is 0 Å². The van der Waals surface area contributed by atoms with Gasteiger partial charge < -0.3 is 25.7 Å². The van der Waals surface area contributed by atoms with E-state index in [9.17, 15) is 19.5 Å². The molecule has 2 unspecified atom stereocenters. The summed E-state index contributed by atoms with van der Waals surface area (Å²) in [4.78, 5) is 35.0. The van der Waals surface area contributed by atoms with Crippen LogP contribution < -0.4 is 10.6 Å². The third kappa shape index (κ3) is 4.09. The lowest BCUT2D eigenvalue weighted by Gasteiger charge is -2.25. The second-order valence-electron chi connectivity index (χ2n) is 4.75. The first-order valence-electron chi connectivity index (χ1n) is 5.99. The van der Waals surface area contributed by atoms with Gasteiger partial charge in [0, 0.05) is 26.6 Å². The fourth-order valence-corrected chi connectivity index (χ4v) is 2.04. The zero-order chi connectivity index (χ0) is 14.6. The van der Waals surface area contributed by atoms with Gasteiger partial charge in [0.25, 0.3) is 5.91 Å². The third-order valence-corrected chi connectivity index (χ3v) is 3.09. The lowest BCUT2D eigenvalue weighted by atomic mass is 9.94. The van der Waals surface area contributed by atoms with Crippen LogP contribution >= 0.6 is 0 Å². The molecule has 1 rings (SSSR count). The van der Waals surface area contributed by atoms with Crippen molar-refractivity contribution in [1.82, 2.24) is 15.5 Å². The highest BCUT2D eigenvalue weighted by molar-refractivity contribution is 5.83. The molecule has 8 heteroatoms. The van der Waals surface area contributed by atoms with E-state index in [2.05, 4.69) is 10.6 Å². The zero-order valence-corrected chi connectivity index (χ0v) is 10.9. The summed E-state index contributed by atoms with van der Waals surface area (Å²) in [5.74, 6) is -1.17. The minimum Gasteiger partial charge on any atom is -0.465 e. The molecular weight excluding hydrogens is 254 g/mol. The molecule has 0 aromatic rings. The number of likely N-dealkylation sites (N-methyl/N-ethyl adjacent to an activating group) is 1. The molecule has 8 nitrogen and oxygen atoms in total.